The van der Waals surface area contributed by atoms with Crippen molar-refractivity contribution in [2.45, 2.75) is 19.9 Å². The largest absolute Gasteiger partial charge is 0.368 e. The van der Waals surface area contributed by atoms with Crippen LogP contribution in [0.2, 0.25) is 5.02 Å². The second kappa shape index (κ2) is 7.13. The molecule has 4 heteroatoms. The van der Waals surface area contributed by atoms with Gasteiger partial charge < -0.3 is 10.2 Å². The number of anilines is 1. The Morgan fingerprint density at radius 2 is 1.95 bits per heavy atom. The molecule has 3 nitrogen and oxygen atoms in total. The fraction of sp³-hybridized carbons (Fsp3) is 0.600. The average Bonchev–Trinajstić information content (AvgIpc) is 2.41. The molecule has 0 aromatic heterocycles. The minimum absolute atomic E-state index is 0.866. The van der Waals surface area contributed by atoms with Crippen molar-refractivity contribution in [3.63, 3.8) is 0 Å². The first-order chi connectivity index (χ1) is 9.26. The number of rotatable bonds is 5. The van der Waals surface area contributed by atoms with Gasteiger partial charge in [0.05, 0.1) is 10.7 Å². The first kappa shape index (κ1) is 14.6. The molecule has 19 heavy (non-hydrogen) atoms. The normalized spacial score (nSPS) is 16.9. The third-order valence-corrected chi connectivity index (χ3v) is 3.97. The van der Waals surface area contributed by atoms with Gasteiger partial charge >= 0.3 is 0 Å². The summed E-state index contributed by atoms with van der Waals surface area (Å²) in [7, 11) is 1.98. The van der Waals surface area contributed by atoms with E-state index < -0.39 is 0 Å². The highest BCUT2D eigenvalue weighted by atomic mass is 35.5. The van der Waals surface area contributed by atoms with Crippen molar-refractivity contribution >= 4 is 17.3 Å². The van der Waals surface area contributed by atoms with Crippen molar-refractivity contribution in [2.24, 2.45) is 0 Å². The molecule has 1 N–H and O–H groups in total. The molecule has 0 unspecified atom stereocenters. The summed E-state index contributed by atoms with van der Waals surface area (Å²) in [6.45, 7) is 8.73. The number of hydrogen-bond donors (Lipinski definition) is 1. The van der Waals surface area contributed by atoms with E-state index in [0.717, 1.165) is 37.7 Å². The number of halogens is 1. The van der Waals surface area contributed by atoms with Crippen LogP contribution in [0.25, 0.3) is 0 Å². The molecule has 1 heterocycles. The minimum Gasteiger partial charge on any atom is -0.368 e. The van der Waals surface area contributed by atoms with Gasteiger partial charge in [-0.3, -0.25) is 4.90 Å². The lowest BCUT2D eigenvalue weighted by Crippen LogP contribution is -2.47. The summed E-state index contributed by atoms with van der Waals surface area (Å²) in [5.74, 6) is 0. The van der Waals surface area contributed by atoms with Crippen LogP contribution in [0, 0.1) is 0 Å². The fourth-order valence-electron chi connectivity index (χ4n) is 2.76. The van der Waals surface area contributed by atoms with E-state index in [9.17, 15) is 0 Å². The number of piperazine rings is 1. The number of hydrogen-bond acceptors (Lipinski definition) is 3. The van der Waals surface area contributed by atoms with Crippen LogP contribution in [0.1, 0.15) is 18.9 Å². The van der Waals surface area contributed by atoms with Crippen LogP contribution < -0.4 is 10.2 Å². The van der Waals surface area contributed by atoms with E-state index in [2.05, 4.69) is 28.1 Å². The molecule has 0 bridgehead atoms. The van der Waals surface area contributed by atoms with Crippen LogP contribution in [0.3, 0.4) is 0 Å². The number of benzene rings is 1. The predicted molar refractivity (Wildman–Crippen MR) is 83.2 cm³/mol. The Kier molecular flexibility index (Phi) is 5.49. The summed E-state index contributed by atoms with van der Waals surface area (Å²) in [4.78, 5) is 4.96. The van der Waals surface area contributed by atoms with Gasteiger partial charge in [0, 0.05) is 32.7 Å². The molecule has 1 aliphatic heterocycles. The zero-order valence-corrected chi connectivity index (χ0v) is 12.7. The smallest absolute Gasteiger partial charge is 0.0642 e. The van der Waals surface area contributed by atoms with E-state index in [1.807, 2.05) is 19.2 Å². The van der Waals surface area contributed by atoms with E-state index >= 15 is 0 Å². The van der Waals surface area contributed by atoms with E-state index in [1.54, 1.807) is 0 Å². The molecule has 0 spiro atoms. The van der Waals surface area contributed by atoms with Gasteiger partial charge in [-0.2, -0.15) is 0 Å². The third kappa shape index (κ3) is 3.62. The molecule has 0 amide bonds. The van der Waals surface area contributed by atoms with Crippen molar-refractivity contribution in [1.82, 2.24) is 10.2 Å². The van der Waals surface area contributed by atoms with Gasteiger partial charge in [-0.1, -0.05) is 30.7 Å². The average molecular weight is 282 g/mol. The highest BCUT2D eigenvalue weighted by molar-refractivity contribution is 6.33. The van der Waals surface area contributed by atoms with Crippen LogP contribution in [0.5, 0.6) is 0 Å². The standard InChI is InChI=1S/C15H24ClN3/c1-3-7-18-8-10-19(11-9-18)15-13(12-17-2)5-4-6-14(15)16/h4-6,17H,3,7-12H2,1-2H3. The van der Waals surface area contributed by atoms with E-state index in [4.69, 9.17) is 11.6 Å². The molecule has 0 aliphatic carbocycles. The molecule has 1 saturated heterocycles. The molecule has 1 fully saturated rings. The summed E-state index contributed by atoms with van der Waals surface area (Å²) in [6, 6.07) is 6.19. The second-order valence-corrected chi connectivity index (χ2v) is 5.51. The maximum atomic E-state index is 6.41. The number of para-hydroxylation sites is 1. The Labute approximate surface area is 121 Å². The van der Waals surface area contributed by atoms with Gasteiger partial charge in [0.15, 0.2) is 0 Å². The van der Waals surface area contributed by atoms with Crippen molar-refractivity contribution in [2.75, 3.05) is 44.7 Å². The molecular formula is C15H24ClN3. The van der Waals surface area contributed by atoms with Gasteiger partial charge in [-0.15, -0.1) is 0 Å². The molecule has 106 valence electrons. The van der Waals surface area contributed by atoms with Crippen molar-refractivity contribution < 1.29 is 0 Å². The highest BCUT2D eigenvalue weighted by Crippen LogP contribution is 2.30. The number of nitrogens with zero attached hydrogens (tertiary/aromatic N) is 2. The lowest BCUT2D eigenvalue weighted by atomic mass is 10.1. The van der Waals surface area contributed by atoms with Gasteiger partial charge in [-0.25, -0.2) is 0 Å². The van der Waals surface area contributed by atoms with E-state index in [1.165, 1.54) is 24.2 Å². The summed E-state index contributed by atoms with van der Waals surface area (Å²) >= 11 is 6.41. The molecule has 0 saturated carbocycles. The van der Waals surface area contributed by atoms with Crippen molar-refractivity contribution in [3.05, 3.63) is 28.8 Å². The van der Waals surface area contributed by atoms with Crippen LogP contribution in [-0.4, -0.2) is 44.7 Å². The maximum Gasteiger partial charge on any atom is 0.0642 e. The van der Waals surface area contributed by atoms with Crippen LogP contribution in [0.4, 0.5) is 5.69 Å². The molecule has 1 aromatic carbocycles. The van der Waals surface area contributed by atoms with Crippen LogP contribution in [-0.2, 0) is 6.54 Å². The Balaban J connectivity index is 2.10. The number of nitrogens with one attached hydrogen (secondary N) is 1. The summed E-state index contributed by atoms with van der Waals surface area (Å²) in [5.41, 5.74) is 2.51. The van der Waals surface area contributed by atoms with E-state index in [-0.39, 0.29) is 0 Å². The minimum atomic E-state index is 0.866. The fourth-order valence-corrected chi connectivity index (χ4v) is 3.07. The zero-order valence-electron chi connectivity index (χ0n) is 12.0. The van der Waals surface area contributed by atoms with Crippen LogP contribution >= 0.6 is 11.6 Å². The lowest BCUT2D eigenvalue weighted by molar-refractivity contribution is 0.258. The summed E-state index contributed by atoms with van der Waals surface area (Å²) < 4.78 is 0. The molecule has 2 rings (SSSR count). The first-order valence-corrected chi connectivity index (χ1v) is 7.53. The Bertz CT molecular complexity index is 400. The molecule has 1 aromatic rings. The maximum absolute atomic E-state index is 6.41. The van der Waals surface area contributed by atoms with Gasteiger partial charge in [-0.05, 0) is 31.6 Å². The third-order valence-electron chi connectivity index (χ3n) is 3.67. The summed E-state index contributed by atoms with van der Waals surface area (Å²) in [5, 5.41) is 4.10. The Morgan fingerprint density at radius 3 is 2.58 bits per heavy atom. The molecule has 1 aliphatic rings. The topological polar surface area (TPSA) is 18.5 Å². The molecular weight excluding hydrogens is 258 g/mol. The van der Waals surface area contributed by atoms with Gasteiger partial charge in [0.1, 0.15) is 0 Å². The predicted octanol–water partition coefficient (Wildman–Crippen LogP) is 2.59. The zero-order chi connectivity index (χ0) is 13.7. The quantitative estimate of drug-likeness (QED) is 0.895. The van der Waals surface area contributed by atoms with Gasteiger partial charge in [0.2, 0.25) is 0 Å². The van der Waals surface area contributed by atoms with E-state index in [0.29, 0.717) is 0 Å². The monoisotopic (exact) mass is 281 g/mol. The SMILES string of the molecule is CCCN1CCN(c2c(Cl)cccc2CNC)CC1. The first-order valence-electron chi connectivity index (χ1n) is 7.15. The van der Waals surface area contributed by atoms with Gasteiger partial charge in [0.25, 0.3) is 0 Å². The van der Waals surface area contributed by atoms with Crippen LogP contribution in [0.15, 0.2) is 18.2 Å². The Hall–Kier alpha value is -0.770. The lowest BCUT2D eigenvalue weighted by Gasteiger charge is -2.37. The molecule has 0 radical (unpaired) electrons. The highest BCUT2D eigenvalue weighted by Gasteiger charge is 2.20. The second-order valence-electron chi connectivity index (χ2n) is 5.11. The molecule has 0 atom stereocenters. The van der Waals surface area contributed by atoms with Crippen molar-refractivity contribution in [3.8, 4) is 0 Å². The summed E-state index contributed by atoms with van der Waals surface area (Å²) in [6.07, 6.45) is 1.23. The Morgan fingerprint density at radius 1 is 1.21 bits per heavy atom. The van der Waals surface area contributed by atoms with Crippen molar-refractivity contribution in [1.29, 1.82) is 0 Å².